The van der Waals surface area contributed by atoms with E-state index in [9.17, 15) is 9.59 Å². The molecule has 5 heteroatoms. The Balaban J connectivity index is 2.17. The zero-order chi connectivity index (χ0) is 13.6. The molecule has 0 unspecified atom stereocenters. The van der Waals surface area contributed by atoms with Crippen LogP contribution < -0.4 is 10.6 Å². The molecule has 0 atom stereocenters. The fraction of sp³-hybridized carbons (Fsp3) is 0.214. The quantitative estimate of drug-likeness (QED) is 0.735. The van der Waals surface area contributed by atoms with Gasteiger partial charge in [0.15, 0.2) is 0 Å². The highest BCUT2D eigenvalue weighted by atomic mass is 16.4. The number of rotatable bonds is 1. The van der Waals surface area contributed by atoms with Crippen molar-refractivity contribution >= 4 is 28.3 Å². The highest BCUT2D eigenvalue weighted by Gasteiger charge is 2.23. The Labute approximate surface area is 109 Å². The normalized spacial score (nSPS) is 15.2. The van der Waals surface area contributed by atoms with Crippen molar-refractivity contribution in [3.8, 4) is 0 Å². The Morgan fingerprint density at radius 1 is 1.21 bits per heavy atom. The summed E-state index contributed by atoms with van der Waals surface area (Å²) in [6, 6.07) is 6.75. The van der Waals surface area contributed by atoms with Crippen molar-refractivity contribution < 1.29 is 9.21 Å². The second-order valence-electron chi connectivity index (χ2n) is 4.65. The molecule has 1 aromatic heterocycles. The molecule has 1 aliphatic rings. The summed E-state index contributed by atoms with van der Waals surface area (Å²) in [6.45, 7) is 3.66. The molecule has 0 saturated heterocycles. The monoisotopic (exact) mass is 256 g/mol. The molecule has 1 aliphatic heterocycles. The SMILES string of the molecule is CC1=NN(c2ccc3c(C)cc(=O)oc3c2)C(=O)C1. The van der Waals surface area contributed by atoms with Gasteiger partial charge in [0.05, 0.1) is 12.1 Å². The van der Waals surface area contributed by atoms with Crippen molar-refractivity contribution in [3.05, 3.63) is 40.2 Å². The van der Waals surface area contributed by atoms with E-state index < -0.39 is 5.63 Å². The third kappa shape index (κ3) is 1.93. The largest absolute Gasteiger partial charge is 0.423 e. The first kappa shape index (κ1) is 11.6. The van der Waals surface area contributed by atoms with Gasteiger partial charge in [-0.05, 0) is 31.5 Å². The topological polar surface area (TPSA) is 62.9 Å². The summed E-state index contributed by atoms with van der Waals surface area (Å²) >= 11 is 0. The molecule has 2 heterocycles. The zero-order valence-electron chi connectivity index (χ0n) is 10.6. The molecular formula is C14H12N2O3. The minimum absolute atomic E-state index is 0.0770. The van der Waals surface area contributed by atoms with Gasteiger partial charge in [-0.2, -0.15) is 5.10 Å². The van der Waals surface area contributed by atoms with E-state index in [-0.39, 0.29) is 5.91 Å². The summed E-state index contributed by atoms with van der Waals surface area (Å²) in [5, 5.41) is 6.37. The van der Waals surface area contributed by atoms with Crippen LogP contribution in [0.5, 0.6) is 0 Å². The molecule has 0 saturated carbocycles. The molecule has 3 rings (SSSR count). The maximum absolute atomic E-state index is 11.8. The van der Waals surface area contributed by atoms with E-state index in [4.69, 9.17) is 4.42 Å². The third-order valence-electron chi connectivity index (χ3n) is 3.09. The molecule has 0 N–H and O–H groups in total. The summed E-state index contributed by atoms with van der Waals surface area (Å²) in [7, 11) is 0. The van der Waals surface area contributed by atoms with Crippen molar-refractivity contribution in [2.75, 3.05) is 5.01 Å². The fourth-order valence-corrected chi connectivity index (χ4v) is 2.20. The zero-order valence-corrected chi connectivity index (χ0v) is 10.6. The number of fused-ring (bicyclic) bond motifs is 1. The number of carbonyl (C=O) groups excluding carboxylic acids is 1. The Kier molecular flexibility index (Phi) is 2.48. The molecule has 96 valence electrons. The van der Waals surface area contributed by atoms with Crippen LogP contribution >= 0.6 is 0 Å². The minimum atomic E-state index is -0.394. The van der Waals surface area contributed by atoms with Crippen LogP contribution in [0, 0.1) is 6.92 Å². The van der Waals surface area contributed by atoms with Gasteiger partial charge < -0.3 is 4.42 Å². The number of carbonyl (C=O) groups is 1. The van der Waals surface area contributed by atoms with Crippen LogP contribution in [-0.4, -0.2) is 11.6 Å². The molecule has 5 nitrogen and oxygen atoms in total. The van der Waals surface area contributed by atoms with Gasteiger partial charge in [0, 0.05) is 23.2 Å². The van der Waals surface area contributed by atoms with E-state index >= 15 is 0 Å². The van der Waals surface area contributed by atoms with Gasteiger partial charge in [-0.15, -0.1) is 0 Å². The van der Waals surface area contributed by atoms with Crippen LogP contribution in [0.1, 0.15) is 18.9 Å². The Morgan fingerprint density at radius 2 is 2.00 bits per heavy atom. The van der Waals surface area contributed by atoms with Crippen molar-refractivity contribution in [2.45, 2.75) is 20.3 Å². The van der Waals surface area contributed by atoms with Crippen molar-refractivity contribution in [3.63, 3.8) is 0 Å². The Morgan fingerprint density at radius 3 is 2.68 bits per heavy atom. The van der Waals surface area contributed by atoms with Crippen molar-refractivity contribution in [1.82, 2.24) is 0 Å². The maximum Gasteiger partial charge on any atom is 0.336 e. The molecule has 0 aliphatic carbocycles. The first-order chi connectivity index (χ1) is 9.04. The summed E-state index contributed by atoms with van der Waals surface area (Å²) < 4.78 is 5.16. The van der Waals surface area contributed by atoms with E-state index in [1.165, 1.54) is 11.1 Å². The molecular weight excluding hydrogens is 244 g/mol. The molecule has 19 heavy (non-hydrogen) atoms. The van der Waals surface area contributed by atoms with Gasteiger partial charge in [0.25, 0.3) is 5.91 Å². The van der Waals surface area contributed by atoms with Gasteiger partial charge in [0.1, 0.15) is 5.58 Å². The fourth-order valence-electron chi connectivity index (χ4n) is 2.20. The minimum Gasteiger partial charge on any atom is -0.423 e. The number of aryl methyl sites for hydroxylation is 1. The lowest BCUT2D eigenvalue weighted by Gasteiger charge is -2.12. The first-order valence-electron chi connectivity index (χ1n) is 5.96. The molecule has 0 radical (unpaired) electrons. The summed E-state index contributed by atoms with van der Waals surface area (Å²) in [5.41, 5.74) is 2.31. The van der Waals surface area contributed by atoms with Gasteiger partial charge in [-0.1, -0.05) is 0 Å². The van der Waals surface area contributed by atoms with Gasteiger partial charge >= 0.3 is 5.63 Å². The van der Waals surface area contributed by atoms with Crippen LogP contribution in [-0.2, 0) is 4.79 Å². The molecule has 2 aromatic rings. The predicted molar refractivity (Wildman–Crippen MR) is 72.4 cm³/mol. The standard InChI is InChI=1S/C14H12N2O3/c1-8-5-14(18)19-12-7-10(3-4-11(8)12)16-13(17)6-9(2)15-16/h3-5,7H,6H2,1-2H3. The van der Waals surface area contributed by atoms with Gasteiger partial charge in [-0.3, -0.25) is 4.79 Å². The number of hydrogen-bond acceptors (Lipinski definition) is 4. The van der Waals surface area contributed by atoms with E-state index in [0.717, 1.165) is 16.7 Å². The number of hydrogen-bond donors (Lipinski definition) is 0. The lowest BCUT2D eigenvalue weighted by molar-refractivity contribution is -0.116. The number of benzene rings is 1. The number of anilines is 1. The summed E-state index contributed by atoms with van der Waals surface area (Å²) in [5.74, 6) is -0.0770. The molecule has 0 bridgehead atoms. The molecule has 0 fully saturated rings. The van der Waals surface area contributed by atoms with Gasteiger partial charge in [-0.25, -0.2) is 9.80 Å². The van der Waals surface area contributed by atoms with Crippen LogP contribution in [0.15, 0.2) is 38.6 Å². The smallest absolute Gasteiger partial charge is 0.336 e. The van der Waals surface area contributed by atoms with Crippen LogP contribution in [0.2, 0.25) is 0 Å². The average molecular weight is 256 g/mol. The maximum atomic E-state index is 11.8. The van der Waals surface area contributed by atoms with Crippen molar-refractivity contribution in [1.29, 1.82) is 0 Å². The lowest BCUT2D eigenvalue weighted by Crippen LogP contribution is -2.19. The molecule has 1 amide bonds. The number of nitrogens with zero attached hydrogens (tertiary/aromatic N) is 2. The highest BCUT2D eigenvalue weighted by molar-refractivity contribution is 6.12. The lowest BCUT2D eigenvalue weighted by atomic mass is 10.1. The second-order valence-corrected chi connectivity index (χ2v) is 4.65. The van der Waals surface area contributed by atoms with E-state index in [2.05, 4.69) is 5.10 Å². The van der Waals surface area contributed by atoms with E-state index in [0.29, 0.717) is 17.7 Å². The summed E-state index contributed by atoms with van der Waals surface area (Å²) in [6.07, 6.45) is 0.329. The third-order valence-corrected chi connectivity index (χ3v) is 3.09. The van der Waals surface area contributed by atoms with Gasteiger partial charge in [0.2, 0.25) is 0 Å². The average Bonchev–Trinajstić information content (AvgIpc) is 2.67. The van der Waals surface area contributed by atoms with Crippen molar-refractivity contribution in [2.24, 2.45) is 5.10 Å². The molecule has 0 spiro atoms. The number of amides is 1. The first-order valence-corrected chi connectivity index (χ1v) is 5.96. The Bertz CT molecular complexity index is 774. The molecule has 1 aromatic carbocycles. The number of hydrazone groups is 1. The second kappa shape index (κ2) is 4.05. The Hall–Kier alpha value is -2.43. The predicted octanol–water partition coefficient (Wildman–Crippen LogP) is 2.21. The summed E-state index contributed by atoms with van der Waals surface area (Å²) in [4.78, 5) is 23.2. The highest BCUT2D eigenvalue weighted by Crippen LogP contribution is 2.26. The van der Waals surface area contributed by atoms with Crippen LogP contribution in [0.3, 0.4) is 0 Å². The van der Waals surface area contributed by atoms with Crippen LogP contribution in [0.25, 0.3) is 11.0 Å². The van der Waals surface area contributed by atoms with E-state index in [1.54, 1.807) is 12.1 Å². The van der Waals surface area contributed by atoms with E-state index in [1.807, 2.05) is 19.9 Å². The van der Waals surface area contributed by atoms with Crippen LogP contribution in [0.4, 0.5) is 5.69 Å².